The number of aryl methyl sites for hydroxylation is 1. The molecule has 0 saturated carbocycles. The van der Waals surface area contributed by atoms with Gasteiger partial charge in [0.05, 0.1) is 7.11 Å². The number of aromatic nitrogens is 3. The molecule has 0 unspecified atom stereocenters. The number of nitrogens with one attached hydrogen (secondary N) is 2. The molecule has 0 aliphatic heterocycles. The minimum atomic E-state index is 0.261. The van der Waals surface area contributed by atoms with Crippen molar-refractivity contribution in [1.82, 2.24) is 25.4 Å². The molecule has 0 bridgehead atoms. The Kier molecular flexibility index (Phi) is 8.82. The van der Waals surface area contributed by atoms with E-state index in [0.29, 0.717) is 6.54 Å². The van der Waals surface area contributed by atoms with E-state index in [4.69, 9.17) is 9.73 Å². The summed E-state index contributed by atoms with van der Waals surface area (Å²) in [5, 5.41) is 15.2. The first kappa shape index (κ1) is 23.1. The van der Waals surface area contributed by atoms with E-state index in [9.17, 15) is 0 Å². The van der Waals surface area contributed by atoms with Crippen LogP contribution in [0.25, 0.3) is 0 Å². The molecular weight excluding hydrogens is 384 g/mol. The number of rotatable bonds is 9. The zero-order chi connectivity index (χ0) is 21.3. The van der Waals surface area contributed by atoms with Crippen molar-refractivity contribution in [3.63, 3.8) is 0 Å². The number of hydrogen-bond donors (Lipinski definition) is 2. The molecule has 0 amide bonds. The van der Waals surface area contributed by atoms with Crippen LogP contribution in [0.4, 0.5) is 0 Å². The number of hydrogen-bond acceptors (Lipinski definition) is 5. The Morgan fingerprint density at radius 1 is 1.14 bits per heavy atom. The molecule has 0 spiro atoms. The number of aliphatic imine (C=N–C) groups is 1. The fraction of sp³-hybridized carbons (Fsp3) is 0.571. The quantitative estimate of drug-likeness (QED) is 0.370. The van der Waals surface area contributed by atoms with Crippen LogP contribution in [-0.2, 0) is 20.0 Å². The second-order valence-electron chi connectivity index (χ2n) is 7.80. The highest BCUT2D eigenvalue weighted by Crippen LogP contribution is 2.22. The molecule has 2 N–H and O–H groups in total. The van der Waals surface area contributed by atoms with Gasteiger partial charge in [-0.1, -0.05) is 32.9 Å². The van der Waals surface area contributed by atoms with Crippen molar-refractivity contribution in [2.24, 2.45) is 12.0 Å². The summed E-state index contributed by atoms with van der Waals surface area (Å²) < 4.78 is 7.44. The van der Waals surface area contributed by atoms with Crippen LogP contribution in [-0.4, -0.2) is 51.4 Å². The zero-order valence-electron chi connectivity index (χ0n) is 18.5. The van der Waals surface area contributed by atoms with E-state index in [1.807, 2.05) is 42.4 Å². The third-order valence-electron chi connectivity index (χ3n) is 4.36. The Morgan fingerprint density at radius 2 is 1.83 bits per heavy atom. The van der Waals surface area contributed by atoms with Gasteiger partial charge in [-0.05, 0) is 31.0 Å². The van der Waals surface area contributed by atoms with Gasteiger partial charge in [0.1, 0.15) is 18.1 Å². The molecule has 2 aromatic rings. The summed E-state index contributed by atoms with van der Waals surface area (Å²) in [5.74, 6) is 4.43. The fourth-order valence-electron chi connectivity index (χ4n) is 2.56. The lowest BCUT2D eigenvalue weighted by Crippen LogP contribution is -2.39. The summed E-state index contributed by atoms with van der Waals surface area (Å²) in [6.07, 6.45) is 0.907. The van der Waals surface area contributed by atoms with E-state index in [1.165, 1.54) is 5.56 Å². The predicted molar refractivity (Wildman–Crippen MR) is 122 cm³/mol. The van der Waals surface area contributed by atoms with Crippen molar-refractivity contribution in [3.05, 3.63) is 41.5 Å². The topological polar surface area (TPSA) is 76.4 Å². The number of thioether (sulfide) groups is 1. The first-order valence-corrected chi connectivity index (χ1v) is 10.9. The molecule has 160 valence electrons. The number of ether oxygens (including phenoxy) is 1. The smallest absolute Gasteiger partial charge is 0.191 e. The van der Waals surface area contributed by atoms with Crippen molar-refractivity contribution in [2.45, 2.75) is 45.4 Å². The minimum Gasteiger partial charge on any atom is -0.497 e. The molecular formula is C21H34N6OS. The van der Waals surface area contributed by atoms with Crippen molar-refractivity contribution >= 4 is 17.7 Å². The van der Waals surface area contributed by atoms with E-state index >= 15 is 0 Å². The summed E-state index contributed by atoms with van der Waals surface area (Å²) in [6.45, 7) is 10.8. The van der Waals surface area contributed by atoms with Gasteiger partial charge in [0, 0.05) is 30.6 Å². The normalized spacial score (nSPS) is 12.1. The van der Waals surface area contributed by atoms with E-state index in [2.05, 4.69) is 53.7 Å². The molecule has 1 aromatic heterocycles. The van der Waals surface area contributed by atoms with Crippen LogP contribution in [0.3, 0.4) is 0 Å². The second-order valence-corrected chi connectivity index (χ2v) is 9.72. The maximum Gasteiger partial charge on any atom is 0.191 e. The summed E-state index contributed by atoms with van der Waals surface area (Å²) in [6, 6.07) is 8.16. The minimum absolute atomic E-state index is 0.261. The Balaban J connectivity index is 1.91. The molecule has 29 heavy (non-hydrogen) atoms. The second kappa shape index (κ2) is 11.1. The lowest BCUT2D eigenvalue weighted by molar-refractivity contribution is 0.414. The van der Waals surface area contributed by atoms with Gasteiger partial charge in [0.15, 0.2) is 11.8 Å². The fourth-order valence-corrected chi connectivity index (χ4v) is 3.37. The summed E-state index contributed by atoms with van der Waals surface area (Å²) in [4.78, 5) is 4.70. The standard InChI is InChI=1S/C21H34N6OS/c1-16-25-26-19(27(16)5)15-24-20(23-13-14-29-21(2,3)4)22-12-11-17-7-9-18(28-6)10-8-17/h7-10H,11-15H2,1-6H3,(H2,22,23,24). The monoisotopic (exact) mass is 418 g/mol. The molecule has 1 heterocycles. The van der Waals surface area contributed by atoms with Gasteiger partial charge < -0.3 is 19.9 Å². The Bertz CT molecular complexity index is 779. The average Bonchev–Trinajstić information content (AvgIpc) is 3.00. The van der Waals surface area contributed by atoms with Crippen LogP contribution in [0.2, 0.25) is 0 Å². The highest BCUT2D eigenvalue weighted by atomic mass is 32.2. The molecule has 0 aliphatic rings. The molecule has 2 rings (SSSR count). The number of methoxy groups -OCH3 is 1. The molecule has 0 saturated heterocycles. The maximum atomic E-state index is 5.22. The summed E-state index contributed by atoms with van der Waals surface area (Å²) in [5.41, 5.74) is 1.25. The van der Waals surface area contributed by atoms with Crippen molar-refractivity contribution < 1.29 is 4.74 Å². The lowest BCUT2D eigenvalue weighted by atomic mass is 10.1. The number of benzene rings is 1. The largest absolute Gasteiger partial charge is 0.497 e. The Morgan fingerprint density at radius 3 is 2.41 bits per heavy atom. The van der Waals surface area contributed by atoms with Crippen molar-refractivity contribution in [1.29, 1.82) is 0 Å². The van der Waals surface area contributed by atoms with Crippen LogP contribution >= 0.6 is 11.8 Å². The summed E-state index contributed by atoms with van der Waals surface area (Å²) in [7, 11) is 3.64. The molecule has 0 aliphatic carbocycles. The highest BCUT2D eigenvalue weighted by Gasteiger charge is 2.10. The van der Waals surface area contributed by atoms with Crippen LogP contribution in [0.5, 0.6) is 5.75 Å². The van der Waals surface area contributed by atoms with Crippen molar-refractivity contribution in [3.8, 4) is 5.75 Å². The molecule has 1 aromatic carbocycles. The van der Waals surface area contributed by atoms with Gasteiger partial charge >= 0.3 is 0 Å². The molecule has 7 nitrogen and oxygen atoms in total. The van der Waals surface area contributed by atoms with Gasteiger partial charge in [-0.25, -0.2) is 4.99 Å². The van der Waals surface area contributed by atoms with Crippen molar-refractivity contribution in [2.75, 3.05) is 26.0 Å². The third-order valence-corrected chi connectivity index (χ3v) is 5.63. The average molecular weight is 419 g/mol. The van der Waals surface area contributed by atoms with E-state index in [0.717, 1.165) is 48.6 Å². The predicted octanol–water partition coefficient (Wildman–Crippen LogP) is 2.94. The Hall–Kier alpha value is -2.22. The van der Waals surface area contributed by atoms with E-state index in [1.54, 1.807) is 7.11 Å². The van der Waals surface area contributed by atoms with Gasteiger partial charge in [-0.2, -0.15) is 11.8 Å². The van der Waals surface area contributed by atoms with Crippen LogP contribution in [0.1, 0.15) is 38.0 Å². The zero-order valence-corrected chi connectivity index (χ0v) is 19.3. The number of guanidine groups is 1. The SMILES string of the molecule is COc1ccc(CCNC(=NCc2nnc(C)n2C)NCCSC(C)(C)C)cc1. The van der Waals surface area contributed by atoms with Gasteiger partial charge in [0.2, 0.25) is 0 Å². The number of nitrogens with zero attached hydrogens (tertiary/aromatic N) is 4. The third kappa shape index (κ3) is 8.35. The first-order valence-electron chi connectivity index (χ1n) is 9.92. The van der Waals surface area contributed by atoms with E-state index in [-0.39, 0.29) is 4.75 Å². The highest BCUT2D eigenvalue weighted by molar-refractivity contribution is 8.00. The van der Waals surface area contributed by atoms with Gasteiger partial charge in [0.25, 0.3) is 0 Å². The van der Waals surface area contributed by atoms with Gasteiger partial charge in [-0.15, -0.1) is 10.2 Å². The molecule has 0 radical (unpaired) electrons. The van der Waals surface area contributed by atoms with E-state index < -0.39 is 0 Å². The lowest BCUT2D eigenvalue weighted by Gasteiger charge is -2.18. The van der Waals surface area contributed by atoms with Gasteiger partial charge in [-0.3, -0.25) is 0 Å². The maximum absolute atomic E-state index is 5.22. The molecule has 0 fully saturated rings. The van der Waals surface area contributed by atoms with Crippen LogP contribution in [0, 0.1) is 6.92 Å². The Labute approximate surface area is 178 Å². The molecule has 0 atom stereocenters. The molecule has 8 heteroatoms. The summed E-state index contributed by atoms with van der Waals surface area (Å²) >= 11 is 1.94. The first-order chi connectivity index (χ1) is 13.8. The van der Waals surface area contributed by atoms with Crippen LogP contribution in [0.15, 0.2) is 29.3 Å². The van der Waals surface area contributed by atoms with Crippen LogP contribution < -0.4 is 15.4 Å².